The highest BCUT2D eigenvalue weighted by atomic mass is 35.5. The second-order valence-corrected chi connectivity index (χ2v) is 7.40. The van der Waals surface area contributed by atoms with Crippen LogP contribution in [0.4, 0.5) is 15.9 Å². The van der Waals surface area contributed by atoms with Gasteiger partial charge in [0.05, 0.1) is 30.6 Å². The van der Waals surface area contributed by atoms with E-state index in [9.17, 15) is 4.39 Å². The highest BCUT2D eigenvalue weighted by Gasteiger charge is 2.13. The first-order valence-electron chi connectivity index (χ1n) is 9.62. The molecule has 168 valence electrons. The average Bonchev–Trinajstić information content (AvgIpc) is 3.06. The Labute approximate surface area is 196 Å². The summed E-state index contributed by atoms with van der Waals surface area (Å²) in [6.07, 6.45) is 3.39. The molecule has 0 saturated carbocycles. The number of anilines is 2. The molecule has 0 aliphatic rings. The van der Waals surface area contributed by atoms with Crippen LogP contribution in [-0.2, 0) is 6.54 Å². The number of ether oxygens (including phenoxy) is 2. The first-order valence-corrected chi connectivity index (χ1v) is 10.0. The molecule has 0 atom stereocenters. The molecule has 0 bridgehead atoms. The Morgan fingerprint density at radius 2 is 1.94 bits per heavy atom. The van der Waals surface area contributed by atoms with E-state index in [-0.39, 0.29) is 18.1 Å². The third kappa shape index (κ3) is 5.03. The van der Waals surface area contributed by atoms with E-state index >= 15 is 0 Å². The zero-order valence-electron chi connectivity index (χ0n) is 17.7. The Bertz CT molecular complexity index is 1250. The van der Waals surface area contributed by atoms with Crippen LogP contribution in [-0.4, -0.2) is 33.2 Å². The first kappa shape index (κ1) is 23.6. The molecule has 2 heterocycles. The Kier molecular flexibility index (Phi) is 7.37. The van der Waals surface area contributed by atoms with Crippen molar-refractivity contribution in [3.63, 3.8) is 0 Å². The lowest BCUT2D eigenvalue weighted by molar-refractivity contribution is 0.279. The van der Waals surface area contributed by atoms with Crippen LogP contribution in [0.3, 0.4) is 0 Å². The third-order valence-electron chi connectivity index (χ3n) is 4.79. The zero-order valence-corrected chi connectivity index (χ0v) is 19.3. The molecule has 0 radical (unpaired) electrons. The van der Waals surface area contributed by atoms with Gasteiger partial charge >= 0.3 is 0 Å². The van der Waals surface area contributed by atoms with E-state index in [0.717, 1.165) is 11.5 Å². The lowest BCUT2D eigenvalue weighted by Gasteiger charge is -2.14. The quantitative estimate of drug-likeness (QED) is 0.379. The number of aromatic nitrogens is 4. The molecule has 10 heteroatoms. The molecular weight excluding hydrogens is 456 g/mol. The molecule has 0 aliphatic heterocycles. The van der Waals surface area contributed by atoms with Crippen molar-refractivity contribution in [1.82, 2.24) is 19.5 Å². The number of rotatable bonds is 7. The van der Waals surface area contributed by atoms with Gasteiger partial charge in [-0.2, -0.15) is 0 Å². The molecule has 32 heavy (non-hydrogen) atoms. The minimum absolute atomic E-state index is 0. The third-order valence-corrected chi connectivity index (χ3v) is 5.03. The Morgan fingerprint density at radius 1 is 1.12 bits per heavy atom. The fourth-order valence-electron chi connectivity index (χ4n) is 3.30. The first-order chi connectivity index (χ1) is 14.9. The van der Waals surface area contributed by atoms with E-state index in [1.54, 1.807) is 31.4 Å². The summed E-state index contributed by atoms with van der Waals surface area (Å²) in [5, 5.41) is 3.98. The lowest BCUT2D eigenvalue weighted by Crippen LogP contribution is -2.09. The van der Waals surface area contributed by atoms with Gasteiger partial charge in [0.15, 0.2) is 11.5 Å². The van der Waals surface area contributed by atoms with Crippen molar-refractivity contribution in [2.24, 2.45) is 0 Å². The van der Waals surface area contributed by atoms with E-state index in [2.05, 4.69) is 20.3 Å². The van der Waals surface area contributed by atoms with Crippen LogP contribution in [0.15, 0.2) is 42.9 Å². The smallest absolute Gasteiger partial charge is 0.163 e. The summed E-state index contributed by atoms with van der Waals surface area (Å²) in [5.74, 6) is 1.99. The molecule has 1 N–H and O–H groups in total. The lowest BCUT2D eigenvalue weighted by atomic mass is 10.2. The maximum absolute atomic E-state index is 14.2. The minimum Gasteiger partial charge on any atom is -0.493 e. The van der Waals surface area contributed by atoms with Crippen molar-refractivity contribution < 1.29 is 13.9 Å². The maximum atomic E-state index is 14.2. The number of aryl methyl sites for hydroxylation is 2. The van der Waals surface area contributed by atoms with Gasteiger partial charge < -0.3 is 19.4 Å². The van der Waals surface area contributed by atoms with Gasteiger partial charge in [-0.25, -0.2) is 19.3 Å². The van der Waals surface area contributed by atoms with Crippen LogP contribution in [0.25, 0.3) is 10.9 Å². The van der Waals surface area contributed by atoms with Crippen molar-refractivity contribution >= 4 is 46.4 Å². The van der Waals surface area contributed by atoms with Crippen LogP contribution < -0.4 is 14.8 Å². The predicted molar refractivity (Wildman–Crippen MR) is 125 cm³/mol. The molecule has 0 unspecified atom stereocenters. The van der Waals surface area contributed by atoms with Crippen molar-refractivity contribution in [2.75, 3.05) is 19.0 Å². The van der Waals surface area contributed by atoms with Gasteiger partial charge in [0.2, 0.25) is 0 Å². The number of methoxy groups -OCH3 is 1. The van der Waals surface area contributed by atoms with Gasteiger partial charge in [-0.3, -0.25) is 0 Å². The van der Waals surface area contributed by atoms with Crippen molar-refractivity contribution in [3.05, 3.63) is 65.2 Å². The van der Waals surface area contributed by atoms with Crippen molar-refractivity contribution in [2.45, 2.75) is 20.4 Å². The molecule has 0 spiro atoms. The summed E-state index contributed by atoms with van der Waals surface area (Å²) >= 11 is 5.83. The Morgan fingerprint density at radius 3 is 2.62 bits per heavy atom. The zero-order chi connectivity index (χ0) is 22.0. The van der Waals surface area contributed by atoms with Gasteiger partial charge in [0.25, 0.3) is 0 Å². The number of halogens is 3. The summed E-state index contributed by atoms with van der Waals surface area (Å²) < 4.78 is 27.7. The molecule has 7 nitrogen and oxygen atoms in total. The number of imidazole rings is 1. The van der Waals surface area contributed by atoms with Crippen LogP contribution in [0, 0.1) is 19.7 Å². The second kappa shape index (κ2) is 10.0. The van der Waals surface area contributed by atoms with Gasteiger partial charge in [-0.05, 0) is 38.1 Å². The number of nitrogens with one attached hydrogen (secondary N) is 1. The van der Waals surface area contributed by atoms with E-state index in [1.807, 2.05) is 24.6 Å². The second-order valence-electron chi connectivity index (χ2n) is 6.96. The van der Waals surface area contributed by atoms with E-state index < -0.39 is 5.82 Å². The standard InChI is InChI=1S/C22H21ClFN5O2.ClH/c1-13-11-29(14(2)27-13)6-7-31-21-10-19-16(9-20(21)30-3)22(26-12-25-19)28-18-5-4-15(23)8-17(18)24;/h4-5,8-12H,6-7H2,1-3H3,(H,25,26,28);1H. The monoisotopic (exact) mass is 477 g/mol. The van der Waals surface area contributed by atoms with Crippen molar-refractivity contribution in [1.29, 1.82) is 0 Å². The fraction of sp³-hybridized carbons (Fsp3) is 0.227. The maximum Gasteiger partial charge on any atom is 0.163 e. The molecule has 0 amide bonds. The molecule has 0 aliphatic carbocycles. The number of nitrogens with zero attached hydrogens (tertiary/aromatic N) is 4. The topological polar surface area (TPSA) is 74.1 Å². The molecular formula is C22H22Cl2FN5O2. The average molecular weight is 478 g/mol. The summed E-state index contributed by atoms with van der Waals surface area (Å²) in [6.45, 7) is 5.00. The van der Waals surface area contributed by atoms with Gasteiger partial charge in [-0.1, -0.05) is 11.6 Å². The predicted octanol–water partition coefficient (Wildman–Crippen LogP) is 5.49. The highest BCUT2D eigenvalue weighted by Crippen LogP contribution is 2.35. The Balaban J connectivity index is 0.00000289. The summed E-state index contributed by atoms with van der Waals surface area (Å²) in [6, 6.07) is 7.95. The normalized spacial score (nSPS) is 10.7. The van der Waals surface area contributed by atoms with E-state index in [4.69, 9.17) is 21.1 Å². The van der Waals surface area contributed by atoms with Gasteiger partial charge in [0, 0.05) is 22.7 Å². The largest absolute Gasteiger partial charge is 0.493 e. The van der Waals surface area contributed by atoms with Crippen molar-refractivity contribution in [3.8, 4) is 11.5 Å². The minimum atomic E-state index is -0.476. The summed E-state index contributed by atoms with van der Waals surface area (Å²) in [5.41, 5.74) is 1.86. The van der Waals surface area contributed by atoms with Gasteiger partial charge in [0.1, 0.15) is 30.4 Å². The van der Waals surface area contributed by atoms with E-state index in [1.165, 1.54) is 12.4 Å². The molecule has 4 aromatic rings. The van der Waals surface area contributed by atoms with Crippen LogP contribution in [0.5, 0.6) is 11.5 Å². The fourth-order valence-corrected chi connectivity index (χ4v) is 3.46. The Hall–Kier alpha value is -3.10. The van der Waals surface area contributed by atoms with Crippen LogP contribution in [0.2, 0.25) is 5.02 Å². The van der Waals surface area contributed by atoms with Crippen LogP contribution in [0.1, 0.15) is 11.5 Å². The summed E-state index contributed by atoms with van der Waals surface area (Å²) in [7, 11) is 1.56. The number of hydrogen-bond acceptors (Lipinski definition) is 6. The number of benzene rings is 2. The SMILES string of the molecule is COc1cc2c(Nc3ccc(Cl)cc3F)ncnc2cc1OCCn1cc(C)nc1C.Cl. The molecule has 2 aromatic carbocycles. The summed E-state index contributed by atoms with van der Waals surface area (Å²) in [4.78, 5) is 13.0. The van der Waals surface area contributed by atoms with Gasteiger partial charge in [-0.15, -0.1) is 12.4 Å². The molecule has 0 fully saturated rings. The number of fused-ring (bicyclic) bond motifs is 1. The molecule has 2 aromatic heterocycles. The van der Waals surface area contributed by atoms with E-state index in [0.29, 0.717) is 46.4 Å². The molecule has 0 saturated heterocycles. The number of hydrogen-bond donors (Lipinski definition) is 1. The van der Waals surface area contributed by atoms with Crippen LogP contribution >= 0.6 is 24.0 Å². The highest BCUT2D eigenvalue weighted by molar-refractivity contribution is 6.30. The molecule has 4 rings (SSSR count).